The number of benzene rings is 2. The molecule has 1 N–H and O–H groups in total. The van der Waals surface area contributed by atoms with E-state index < -0.39 is 6.09 Å². The topological polar surface area (TPSA) is 91.9 Å². The summed E-state index contributed by atoms with van der Waals surface area (Å²) in [5.74, 6) is 0.651. The highest BCUT2D eigenvalue weighted by atomic mass is 32.1. The Hall–Kier alpha value is -3.59. The van der Waals surface area contributed by atoms with Crippen LogP contribution in [0.3, 0.4) is 0 Å². The molecule has 4 heterocycles. The molecule has 34 heavy (non-hydrogen) atoms. The normalized spacial score (nSPS) is 19.7. The molecule has 2 bridgehead atoms. The van der Waals surface area contributed by atoms with Crippen molar-refractivity contribution in [2.45, 2.75) is 38.5 Å². The molecule has 0 aliphatic carbocycles. The Kier molecular flexibility index (Phi) is 5.13. The quantitative estimate of drug-likeness (QED) is 0.425. The number of ether oxygens (including phenoxy) is 1. The van der Waals surface area contributed by atoms with Gasteiger partial charge in [0, 0.05) is 24.2 Å². The molecule has 2 unspecified atom stereocenters. The van der Waals surface area contributed by atoms with E-state index >= 15 is 0 Å². The van der Waals surface area contributed by atoms with Gasteiger partial charge in [-0.05, 0) is 37.5 Å². The smallest absolute Gasteiger partial charge is 0.407 e. The number of nitrogens with zero attached hydrogens (tertiary/aromatic N) is 4. The number of rotatable bonds is 5. The highest BCUT2D eigenvalue weighted by molar-refractivity contribution is 7.13. The molecular formula is C25H24N4O4S. The van der Waals surface area contributed by atoms with Gasteiger partial charge in [0.05, 0.1) is 17.6 Å². The van der Waals surface area contributed by atoms with Crippen LogP contribution in [0.15, 0.2) is 52.3 Å². The number of thiazole rings is 1. The minimum atomic E-state index is -0.845. The summed E-state index contributed by atoms with van der Waals surface area (Å²) >= 11 is 1.57. The van der Waals surface area contributed by atoms with E-state index in [0.717, 1.165) is 34.7 Å². The lowest BCUT2D eigenvalue weighted by molar-refractivity contribution is 0.114. The third kappa shape index (κ3) is 3.66. The van der Waals surface area contributed by atoms with Gasteiger partial charge in [-0.1, -0.05) is 30.3 Å². The van der Waals surface area contributed by atoms with Crippen LogP contribution in [0.25, 0.3) is 21.7 Å². The summed E-state index contributed by atoms with van der Waals surface area (Å²) in [6, 6.07) is 14.3. The van der Waals surface area contributed by atoms with Crippen LogP contribution >= 0.6 is 11.3 Å². The number of fused-ring (bicyclic) bond motifs is 3. The number of hydrogen-bond acceptors (Lipinski definition) is 7. The van der Waals surface area contributed by atoms with Crippen LogP contribution in [0.4, 0.5) is 10.8 Å². The summed E-state index contributed by atoms with van der Waals surface area (Å²) in [6.07, 6.45) is 0.883. The third-order valence-corrected chi connectivity index (χ3v) is 7.55. The first kappa shape index (κ1) is 21.0. The van der Waals surface area contributed by atoms with E-state index in [-0.39, 0.29) is 12.1 Å². The Balaban J connectivity index is 1.37. The number of amides is 1. The summed E-state index contributed by atoms with van der Waals surface area (Å²) in [5.41, 5.74) is 4.21. The lowest BCUT2D eigenvalue weighted by Crippen LogP contribution is -2.55. The molecule has 0 spiro atoms. The highest BCUT2D eigenvalue weighted by Crippen LogP contribution is 2.40. The van der Waals surface area contributed by atoms with E-state index in [0.29, 0.717) is 42.6 Å². The van der Waals surface area contributed by atoms with E-state index in [1.807, 2.05) is 54.8 Å². The van der Waals surface area contributed by atoms with E-state index in [1.54, 1.807) is 16.2 Å². The molecule has 1 amide bonds. The molecule has 6 rings (SSSR count). The van der Waals surface area contributed by atoms with Gasteiger partial charge < -0.3 is 19.2 Å². The maximum Gasteiger partial charge on any atom is 0.407 e. The molecule has 2 fully saturated rings. The predicted molar refractivity (Wildman–Crippen MR) is 130 cm³/mol. The van der Waals surface area contributed by atoms with Crippen molar-refractivity contribution in [3.63, 3.8) is 0 Å². The van der Waals surface area contributed by atoms with Crippen molar-refractivity contribution in [3.05, 3.63) is 59.1 Å². The summed E-state index contributed by atoms with van der Waals surface area (Å²) in [6.45, 7) is 3.54. The number of carbonyl (C=O) groups is 1. The van der Waals surface area contributed by atoms with Gasteiger partial charge in [0.2, 0.25) is 0 Å². The Bertz CT molecular complexity index is 1340. The van der Waals surface area contributed by atoms with Crippen LogP contribution in [0.5, 0.6) is 5.75 Å². The summed E-state index contributed by atoms with van der Waals surface area (Å²) in [4.78, 5) is 24.8. The third-order valence-electron chi connectivity index (χ3n) is 6.56. The monoisotopic (exact) mass is 476 g/mol. The lowest BCUT2D eigenvalue weighted by Gasteiger charge is -2.38. The molecule has 4 aromatic rings. The van der Waals surface area contributed by atoms with Gasteiger partial charge in [0.1, 0.15) is 17.4 Å². The Morgan fingerprint density at radius 1 is 1.15 bits per heavy atom. The average molecular weight is 477 g/mol. The molecule has 2 atom stereocenters. The largest absolute Gasteiger partial charge is 0.486 e. The van der Waals surface area contributed by atoms with Crippen LogP contribution in [-0.4, -0.2) is 51.2 Å². The van der Waals surface area contributed by atoms with Gasteiger partial charge in [-0.2, -0.15) is 4.98 Å². The van der Waals surface area contributed by atoms with Gasteiger partial charge >= 0.3 is 6.09 Å². The first-order chi connectivity index (χ1) is 16.6. The zero-order valence-electron chi connectivity index (χ0n) is 18.7. The van der Waals surface area contributed by atoms with Crippen LogP contribution in [0, 0.1) is 6.92 Å². The van der Waals surface area contributed by atoms with Crippen molar-refractivity contribution in [2.75, 3.05) is 18.0 Å². The summed E-state index contributed by atoms with van der Waals surface area (Å²) in [5, 5.41) is 12.5. The van der Waals surface area contributed by atoms with Crippen LogP contribution in [0.1, 0.15) is 24.1 Å². The second-order valence-electron chi connectivity index (χ2n) is 8.83. The predicted octanol–water partition coefficient (Wildman–Crippen LogP) is 5.17. The second kappa shape index (κ2) is 8.32. The zero-order valence-corrected chi connectivity index (χ0v) is 19.5. The van der Waals surface area contributed by atoms with E-state index in [4.69, 9.17) is 14.1 Å². The maximum absolute atomic E-state index is 11.7. The number of oxazole rings is 1. The average Bonchev–Trinajstić information content (AvgIpc) is 3.54. The molecule has 174 valence electrons. The van der Waals surface area contributed by atoms with Gasteiger partial charge in [0.15, 0.2) is 11.1 Å². The SMILES string of the molecule is Cc1csc(-c2ccc(OCc3ccccc3)c3nc(N4CC5CCC(C4)N5C(=O)O)oc23)n1. The number of anilines is 1. The van der Waals surface area contributed by atoms with Crippen molar-refractivity contribution in [2.24, 2.45) is 0 Å². The minimum absolute atomic E-state index is 0.0406. The fraction of sp³-hybridized carbons (Fsp3) is 0.320. The standard InChI is InChI=1S/C25H24N4O4S/c1-15-14-34-23(26-15)19-9-10-20(32-13-16-5-3-2-4-6-16)21-22(19)33-24(27-21)28-11-17-7-8-18(12-28)29(17)25(30)31/h2-6,9-10,14,17-18H,7-8,11-13H2,1H3,(H,30,31). The fourth-order valence-corrected chi connectivity index (χ4v) is 5.80. The molecule has 0 saturated carbocycles. The Labute approximate surface area is 200 Å². The first-order valence-corrected chi connectivity index (χ1v) is 12.2. The van der Waals surface area contributed by atoms with E-state index in [1.165, 1.54) is 0 Å². The highest BCUT2D eigenvalue weighted by Gasteiger charge is 2.44. The van der Waals surface area contributed by atoms with Crippen LogP contribution in [0.2, 0.25) is 0 Å². The first-order valence-electron chi connectivity index (χ1n) is 11.4. The molecule has 2 aliphatic rings. The Morgan fingerprint density at radius 3 is 2.59 bits per heavy atom. The van der Waals surface area contributed by atoms with Crippen molar-refractivity contribution in [1.82, 2.24) is 14.9 Å². The second-order valence-corrected chi connectivity index (χ2v) is 9.69. The Morgan fingerprint density at radius 2 is 1.91 bits per heavy atom. The molecule has 2 aromatic carbocycles. The minimum Gasteiger partial charge on any atom is -0.486 e. The van der Waals surface area contributed by atoms with Crippen LogP contribution < -0.4 is 9.64 Å². The molecule has 2 aromatic heterocycles. The molecule has 8 nitrogen and oxygen atoms in total. The number of carboxylic acid groups (broad SMARTS) is 1. The molecule has 0 radical (unpaired) electrons. The van der Waals surface area contributed by atoms with Crippen LogP contribution in [-0.2, 0) is 6.61 Å². The molecule has 9 heteroatoms. The summed E-state index contributed by atoms with van der Waals surface area (Å²) in [7, 11) is 0. The zero-order chi connectivity index (χ0) is 23.2. The number of aromatic nitrogens is 2. The van der Waals surface area contributed by atoms with Crippen molar-refractivity contribution in [1.29, 1.82) is 0 Å². The molecular weight excluding hydrogens is 452 g/mol. The number of aryl methyl sites for hydroxylation is 1. The van der Waals surface area contributed by atoms with Crippen molar-refractivity contribution >= 4 is 34.5 Å². The van der Waals surface area contributed by atoms with Gasteiger partial charge in [-0.3, -0.25) is 4.90 Å². The van der Waals surface area contributed by atoms with Crippen molar-refractivity contribution in [3.8, 4) is 16.3 Å². The fourth-order valence-electron chi connectivity index (χ4n) is 4.98. The van der Waals surface area contributed by atoms with Gasteiger partial charge in [-0.25, -0.2) is 9.78 Å². The number of hydrogen-bond donors (Lipinski definition) is 1. The van der Waals surface area contributed by atoms with Crippen molar-refractivity contribution < 1.29 is 19.1 Å². The van der Waals surface area contributed by atoms with E-state index in [9.17, 15) is 9.90 Å². The number of piperazine rings is 1. The van der Waals surface area contributed by atoms with Gasteiger partial charge in [0.25, 0.3) is 6.01 Å². The lowest BCUT2D eigenvalue weighted by atomic mass is 10.2. The van der Waals surface area contributed by atoms with E-state index in [2.05, 4.69) is 9.88 Å². The molecule has 2 aliphatic heterocycles. The van der Waals surface area contributed by atoms with Gasteiger partial charge in [-0.15, -0.1) is 11.3 Å². The molecule has 2 saturated heterocycles. The maximum atomic E-state index is 11.7. The summed E-state index contributed by atoms with van der Waals surface area (Å²) < 4.78 is 12.5.